The van der Waals surface area contributed by atoms with Crippen LogP contribution in [0.5, 0.6) is 0 Å². The lowest BCUT2D eigenvalue weighted by Crippen LogP contribution is -2.31. The Kier molecular flexibility index (Phi) is 3.48. The molecule has 4 rings (SSSR count). The summed E-state index contributed by atoms with van der Waals surface area (Å²) in [6.45, 7) is 8.29. The van der Waals surface area contributed by atoms with Crippen LogP contribution in [0.4, 0.5) is 0 Å². The maximum absolute atomic E-state index is 8.38. The molecule has 0 saturated heterocycles. The Morgan fingerprint density at radius 3 is 2.44 bits per heavy atom. The fourth-order valence-electron chi connectivity index (χ4n) is 3.98. The maximum atomic E-state index is 8.38. The van der Waals surface area contributed by atoms with Crippen LogP contribution in [-0.4, -0.2) is 0 Å². The van der Waals surface area contributed by atoms with E-state index in [0.717, 1.165) is 12.0 Å². The Hall–Kier alpha value is -2.41. The molecule has 0 spiro atoms. The van der Waals surface area contributed by atoms with Crippen LogP contribution in [0.15, 0.2) is 48.7 Å². The first kappa shape index (κ1) is 14.9. The summed E-state index contributed by atoms with van der Waals surface area (Å²) in [5, 5.41) is 0. The van der Waals surface area contributed by atoms with Gasteiger partial charge in [0.2, 0.25) is 5.69 Å². The van der Waals surface area contributed by atoms with Gasteiger partial charge in [-0.2, -0.15) is 0 Å². The van der Waals surface area contributed by atoms with Gasteiger partial charge in [-0.1, -0.05) is 43.7 Å². The van der Waals surface area contributed by atoms with E-state index >= 15 is 0 Å². The lowest BCUT2D eigenvalue weighted by molar-refractivity contribution is -0.660. The molecule has 25 heavy (non-hydrogen) atoms. The maximum Gasteiger partial charge on any atom is 0.212 e. The van der Waals surface area contributed by atoms with Crippen LogP contribution >= 0.6 is 0 Å². The molecule has 1 aliphatic carbocycles. The molecule has 1 aromatic heterocycles. The van der Waals surface area contributed by atoms with Gasteiger partial charge >= 0.3 is 0 Å². The highest BCUT2D eigenvalue weighted by Crippen LogP contribution is 2.41. The van der Waals surface area contributed by atoms with Gasteiger partial charge in [-0.25, -0.2) is 4.57 Å². The van der Waals surface area contributed by atoms with Crippen molar-refractivity contribution in [3.63, 3.8) is 0 Å². The monoisotopic (exact) mass is 329 g/mol. The zero-order chi connectivity index (χ0) is 18.6. The number of benzene rings is 2. The van der Waals surface area contributed by atoms with Gasteiger partial charge in [0.15, 0.2) is 6.20 Å². The molecule has 0 unspecified atom stereocenters. The molecule has 1 nitrogen and oxygen atoms in total. The SMILES string of the molecule is [2H]C(C)(C)c1cc[n+](C)c(-c2ccc3c(c2C)Cc2cc(C)ccc2-3)c1. The molecule has 0 saturated carbocycles. The zero-order valence-electron chi connectivity index (χ0n) is 16.8. The topological polar surface area (TPSA) is 3.88 Å². The van der Waals surface area contributed by atoms with E-state index in [1.54, 1.807) is 0 Å². The van der Waals surface area contributed by atoms with Crippen LogP contribution in [0.1, 0.15) is 48.9 Å². The standard InChI is InChI=1S/C24H26N/c1-15(2)18-10-11-25(5)24(14-18)20-8-9-22-21-7-6-16(3)12-19(21)13-23(22)17(20)4/h6-12,14-15H,13H2,1-5H3/q+1/i15D. The molecule has 0 atom stereocenters. The summed E-state index contributed by atoms with van der Waals surface area (Å²) in [5.74, 6) is -0.596. The highest BCUT2D eigenvalue weighted by molar-refractivity contribution is 5.82. The summed E-state index contributed by atoms with van der Waals surface area (Å²) >= 11 is 0. The Bertz CT molecular complexity index is 1030. The van der Waals surface area contributed by atoms with Gasteiger partial charge in [-0.15, -0.1) is 0 Å². The zero-order valence-corrected chi connectivity index (χ0v) is 15.8. The number of nitrogens with zero attached hydrogens (tertiary/aromatic N) is 1. The van der Waals surface area contributed by atoms with E-state index in [0.29, 0.717) is 0 Å². The molecule has 126 valence electrons. The van der Waals surface area contributed by atoms with Gasteiger partial charge < -0.3 is 0 Å². The lowest BCUT2D eigenvalue weighted by Gasteiger charge is -2.12. The van der Waals surface area contributed by atoms with Crippen LogP contribution in [0.25, 0.3) is 22.4 Å². The summed E-state index contributed by atoms with van der Waals surface area (Å²) in [5.41, 5.74) is 11.8. The highest BCUT2D eigenvalue weighted by atomic mass is 14.9. The number of rotatable bonds is 2. The van der Waals surface area contributed by atoms with Crippen molar-refractivity contribution in [2.24, 2.45) is 7.05 Å². The molecule has 0 aliphatic heterocycles. The van der Waals surface area contributed by atoms with Crippen molar-refractivity contribution in [1.82, 2.24) is 0 Å². The van der Waals surface area contributed by atoms with Crippen molar-refractivity contribution in [1.29, 1.82) is 0 Å². The molecule has 0 radical (unpaired) electrons. The van der Waals surface area contributed by atoms with E-state index in [1.807, 2.05) is 13.8 Å². The first-order chi connectivity index (χ1) is 12.3. The van der Waals surface area contributed by atoms with Gasteiger partial charge in [0.05, 0.1) is 0 Å². The van der Waals surface area contributed by atoms with E-state index in [1.165, 1.54) is 44.6 Å². The number of pyridine rings is 1. The molecule has 1 heteroatoms. The van der Waals surface area contributed by atoms with Gasteiger partial charge in [0, 0.05) is 19.1 Å². The van der Waals surface area contributed by atoms with Crippen molar-refractivity contribution in [3.8, 4) is 22.4 Å². The van der Waals surface area contributed by atoms with Crippen LogP contribution < -0.4 is 4.57 Å². The quantitative estimate of drug-likeness (QED) is 0.428. The summed E-state index contributed by atoms with van der Waals surface area (Å²) < 4.78 is 10.5. The van der Waals surface area contributed by atoms with Crippen LogP contribution in [-0.2, 0) is 13.5 Å². The number of aryl methyl sites for hydroxylation is 2. The Morgan fingerprint density at radius 2 is 1.68 bits per heavy atom. The second-order valence-electron chi connectivity index (χ2n) is 7.51. The molecule has 3 aromatic rings. The summed E-state index contributed by atoms with van der Waals surface area (Å²) in [7, 11) is 2.08. The number of aromatic nitrogens is 1. The van der Waals surface area contributed by atoms with Crippen molar-refractivity contribution in [3.05, 3.63) is 76.5 Å². The smallest absolute Gasteiger partial charge is 0.201 e. The number of hydrogen-bond acceptors (Lipinski definition) is 0. The molecular weight excluding hydrogens is 302 g/mol. The summed E-state index contributed by atoms with van der Waals surface area (Å²) in [4.78, 5) is 0. The molecule has 0 N–H and O–H groups in total. The second kappa shape index (κ2) is 5.84. The summed E-state index contributed by atoms with van der Waals surface area (Å²) in [6.07, 6.45) is 3.09. The molecule has 1 heterocycles. The van der Waals surface area contributed by atoms with E-state index in [-0.39, 0.29) is 0 Å². The minimum Gasteiger partial charge on any atom is -0.201 e. The third kappa shape index (κ3) is 2.59. The molecule has 2 aromatic carbocycles. The molecule has 1 aliphatic rings. The van der Waals surface area contributed by atoms with Gasteiger partial charge in [0.1, 0.15) is 7.05 Å². The van der Waals surface area contributed by atoms with E-state index < -0.39 is 5.89 Å². The van der Waals surface area contributed by atoms with E-state index in [4.69, 9.17) is 1.37 Å². The third-order valence-electron chi connectivity index (χ3n) is 5.52. The number of hydrogen-bond donors (Lipinski definition) is 0. The Balaban J connectivity index is 1.87. The largest absolute Gasteiger partial charge is 0.212 e. The molecule has 0 bridgehead atoms. The molecule has 0 fully saturated rings. The summed E-state index contributed by atoms with van der Waals surface area (Å²) in [6, 6.07) is 15.5. The first-order valence-electron chi connectivity index (χ1n) is 9.48. The fraction of sp³-hybridized carbons (Fsp3) is 0.292. The van der Waals surface area contributed by atoms with Crippen molar-refractivity contribution >= 4 is 0 Å². The third-order valence-corrected chi connectivity index (χ3v) is 5.52. The second-order valence-corrected chi connectivity index (χ2v) is 7.51. The Morgan fingerprint density at radius 1 is 0.960 bits per heavy atom. The minimum atomic E-state index is -0.596. The number of fused-ring (bicyclic) bond motifs is 3. The van der Waals surface area contributed by atoms with Gasteiger partial charge in [-0.05, 0) is 65.6 Å². The van der Waals surface area contributed by atoms with E-state index in [2.05, 4.69) is 74.1 Å². The lowest BCUT2D eigenvalue weighted by atomic mass is 9.93. The van der Waals surface area contributed by atoms with Crippen LogP contribution in [0.3, 0.4) is 0 Å². The van der Waals surface area contributed by atoms with Gasteiger partial charge in [-0.3, -0.25) is 0 Å². The predicted octanol–water partition coefficient (Wildman–Crippen LogP) is 5.49. The Labute approximate surface area is 152 Å². The minimum absolute atomic E-state index is 0.596. The first-order valence-corrected chi connectivity index (χ1v) is 8.98. The van der Waals surface area contributed by atoms with Crippen molar-refractivity contribution in [2.75, 3.05) is 0 Å². The predicted molar refractivity (Wildman–Crippen MR) is 105 cm³/mol. The van der Waals surface area contributed by atoms with Crippen LogP contribution in [0.2, 0.25) is 0 Å². The normalized spacial score (nSPS) is 13.4. The average Bonchev–Trinajstić information content (AvgIpc) is 2.93. The van der Waals surface area contributed by atoms with E-state index in [9.17, 15) is 0 Å². The van der Waals surface area contributed by atoms with Crippen molar-refractivity contribution in [2.45, 2.75) is 40.0 Å². The van der Waals surface area contributed by atoms with Crippen molar-refractivity contribution < 1.29 is 5.94 Å². The fourth-order valence-corrected chi connectivity index (χ4v) is 3.98. The molecule has 0 amide bonds. The average molecular weight is 329 g/mol. The van der Waals surface area contributed by atoms with Gasteiger partial charge in [0.25, 0.3) is 0 Å². The molecular formula is C24H26N+. The van der Waals surface area contributed by atoms with Crippen LogP contribution in [0, 0.1) is 13.8 Å². The highest BCUT2D eigenvalue weighted by Gasteiger charge is 2.24.